The highest BCUT2D eigenvalue weighted by molar-refractivity contribution is 7.83. The van der Waals surface area contributed by atoms with Crippen molar-refractivity contribution in [3.63, 3.8) is 0 Å². The van der Waals surface area contributed by atoms with E-state index in [9.17, 15) is 4.21 Å². The molecule has 0 radical (unpaired) electrons. The maximum atomic E-state index is 11.5. The van der Waals surface area contributed by atoms with Gasteiger partial charge in [-0.3, -0.25) is 4.21 Å². The van der Waals surface area contributed by atoms with Crippen molar-refractivity contribution >= 4 is 28.1 Å². The van der Waals surface area contributed by atoms with Crippen LogP contribution in [0, 0.1) is 11.3 Å². The average molecular weight is 340 g/mol. The predicted molar refractivity (Wildman–Crippen MR) is 90.8 cm³/mol. The minimum atomic E-state index is -0.878. The predicted octanol–water partition coefficient (Wildman–Crippen LogP) is 3.59. The SMILES string of the molecule is CS(=O)Cc1cc(NC2C3CCOC3C23CCC3)ccc1Cl. The molecule has 1 saturated heterocycles. The molecule has 1 N–H and O–H groups in total. The zero-order valence-electron chi connectivity index (χ0n) is 12.8. The van der Waals surface area contributed by atoms with Crippen molar-refractivity contribution in [3.8, 4) is 0 Å². The lowest BCUT2D eigenvalue weighted by Gasteiger charge is -2.63. The van der Waals surface area contributed by atoms with Gasteiger partial charge in [0.2, 0.25) is 0 Å². The monoisotopic (exact) mass is 339 g/mol. The number of fused-ring (bicyclic) bond motifs is 2. The van der Waals surface area contributed by atoms with Gasteiger partial charge >= 0.3 is 0 Å². The number of hydrogen-bond acceptors (Lipinski definition) is 3. The Labute approximate surface area is 139 Å². The van der Waals surface area contributed by atoms with Crippen LogP contribution in [0.1, 0.15) is 31.2 Å². The van der Waals surface area contributed by atoms with E-state index in [1.54, 1.807) is 6.26 Å². The molecule has 120 valence electrons. The molecule has 5 heteroatoms. The maximum Gasteiger partial charge on any atom is 0.0699 e. The van der Waals surface area contributed by atoms with Crippen LogP contribution in [0.2, 0.25) is 5.02 Å². The first-order valence-electron chi connectivity index (χ1n) is 8.07. The Morgan fingerprint density at radius 1 is 1.45 bits per heavy atom. The maximum absolute atomic E-state index is 11.5. The Morgan fingerprint density at radius 3 is 2.95 bits per heavy atom. The van der Waals surface area contributed by atoms with Crippen LogP contribution in [0.3, 0.4) is 0 Å². The number of benzene rings is 1. The quantitative estimate of drug-likeness (QED) is 0.911. The molecule has 0 amide bonds. The van der Waals surface area contributed by atoms with E-state index < -0.39 is 10.8 Å². The molecule has 0 bridgehead atoms. The molecule has 3 nitrogen and oxygen atoms in total. The van der Waals surface area contributed by atoms with Gasteiger partial charge in [0, 0.05) is 57.5 Å². The summed E-state index contributed by atoms with van der Waals surface area (Å²) in [6.45, 7) is 0.913. The van der Waals surface area contributed by atoms with Gasteiger partial charge in [0.05, 0.1) is 6.10 Å². The Hall–Kier alpha value is -0.580. The first kappa shape index (κ1) is 15.0. The Balaban J connectivity index is 1.54. The molecule has 22 heavy (non-hydrogen) atoms. The smallest absolute Gasteiger partial charge is 0.0699 e. The van der Waals surface area contributed by atoms with Crippen LogP contribution in [-0.4, -0.2) is 29.2 Å². The number of halogens is 1. The molecule has 2 saturated carbocycles. The summed E-state index contributed by atoms with van der Waals surface area (Å²) in [6, 6.07) is 6.55. The summed E-state index contributed by atoms with van der Waals surface area (Å²) >= 11 is 6.23. The summed E-state index contributed by atoms with van der Waals surface area (Å²) in [4.78, 5) is 0. The van der Waals surface area contributed by atoms with Crippen molar-refractivity contribution in [1.29, 1.82) is 0 Å². The fourth-order valence-electron chi connectivity index (χ4n) is 4.63. The molecule has 4 rings (SSSR count). The lowest BCUT2D eigenvalue weighted by Crippen LogP contribution is -2.68. The number of anilines is 1. The van der Waals surface area contributed by atoms with Crippen LogP contribution in [-0.2, 0) is 21.3 Å². The summed E-state index contributed by atoms with van der Waals surface area (Å²) in [5.74, 6) is 1.17. The van der Waals surface area contributed by atoms with Crippen molar-refractivity contribution in [2.75, 3.05) is 18.2 Å². The van der Waals surface area contributed by atoms with E-state index in [0.29, 0.717) is 34.3 Å². The first-order chi connectivity index (χ1) is 10.6. The molecule has 1 aromatic rings. The van der Waals surface area contributed by atoms with Crippen LogP contribution in [0.5, 0.6) is 0 Å². The van der Waals surface area contributed by atoms with Gasteiger partial charge in [-0.1, -0.05) is 18.0 Å². The fraction of sp³-hybridized carbons (Fsp3) is 0.647. The van der Waals surface area contributed by atoms with Crippen molar-refractivity contribution < 1.29 is 8.95 Å². The Bertz CT molecular complexity index is 617. The fourth-order valence-corrected chi connectivity index (χ4v) is 5.57. The van der Waals surface area contributed by atoms with Crippen LogP contribution in [0.4, 0.5) is 5.69 Å². The molecule has 4 unspecified atom stereocenters. The van der Waals surface area contributed by atoms with E-state index in [2.05, 4.69) is 11.4 Å². The van der Waals surface area contributed by atoms with Crippen molar-refractivity contribution in [3.05, 3.63) is 28.8 Å². The highest BCUT2D eigenvalue weighted by atomic mass is 35.5. The van der Waals surface area contributed by atoms with Gasteiger partial charge in [0.1, 0.15) is 0 Å². The van der Waals surface area contributed by atoms with Gasteiger partial charge < -0.3 is 10.1 Å². The third-order valence-electron chi connectivity index (χ3n) is 5.76. The molecule has 1 spiro atoms. The molecule has 4 atom stereocenters. The first-order valence-corrected chi connectivity index (χ1v) is 10.2. The van der Waals surface area contributed by atoms with Crippen LogP contribution in [0.25, 0.3) is 0 Å². The van der Waals surface area contributed by atoms with Crippen LogP contribution in [0.15, 0.2) is 18.2 Å². The van der Waals surface area contributed by atoms with Crippen molar-refractivity contribution in [2.45, 2.75) is 43.6 Å². The van der Waals surface area contributed by atoms with E-state index in [1.165, 1.54) is 25.7 Å². The summed E-state index contributed by atoms with van der Waals surface area (Å²) in [5, 5.41) is 4.45. The zero-order valence-corrected chi connectivity index (χ0v) is 14.4. The average Bonchev–Trinajstić information content (AvgIpc) is 2.82. The molecular formula is C17H22ClNO2S. The van der Waals surface area contributed by atoms with E-state index >= 15 is 0 Å². The number of ether oxygens (including phenoxy) is 1. The molecule has 3 fully saturated rings. The normalized spacial score (nSPS) is 32.9. The molecule has 0 aromatic heterocycles. The van der Waals surface area contributed by atoms with Crippen molar-refractivity contribution in [2.24, 2.45) is 11.3 Å². The van der Waals surface area contributed by atoms with Crippen molar-refractivity contribution in [1.82, 2.24) is 0 Å². The van der Waals surface area contributed by atoms with Gasteiger partial charge in [-0.2, -0.15) is 0 Å². The third-order valence-corrected chi connectivity index (χ3v) is 6.85. The second-order valence-corrected chi connectivity index (χ2v) is 8.82. The highest BCUT2D eigenvalue weighted by Crippen LogP contribution is 2.63. The lowest BCUT2D eigenvalue weighted by atomic mass is 9.46. The van der Waals surface area contributed by atoms with Crippen LogP contribution >= 0.6 is 11.6 Å². The molecule has 1 heterocycles. The van der Waals surface area contributed by atoms with E-state index in [4.69, 9.17) is 16.3 Å². The molecular weight excluding hydrogens is 318 g/mol. The van der Waals surface area contributed by atoms with E-state index in [1.807, 2.05) is 12.1 Å². The minimum Gasteiger partial charge on any atom is -0.381 e. The summed E-state index contributed by atoms with van der Waals surface area (Å²) in [7, 11) is -0.878. The highest BCUT2D eigenvalue weighted by Gasteiger charge is 2.66. The topological polar surface area (TPSA) is 38.3 Å². The summed E-state index contributed by atoms with van der Waals surface area (Å²) < 4.78 is 17.5. The lowest BCUT2D eigenvalue weighted by molar-refractivity contribution is -0.158. The number of nitrogens with one attached hydrogen (secondary N) is 1. The largest absolute Gasteiger partial charge is 0.381 e. The summed E-state index contributed by atoms with van der Waals surface area (Å²) in [5.41, 5.74) is 2.44. The van der Waals surface area contributed by atoms with E-state index in [0.717, 1.165) is 17.9 Å². The standard InChI is InChI=1S/C17H22ClNO2S/c1-22(20)10-11-9-12(3-4-14(11)18)19-15-13-5-8-21-16(13)17(15)6-2-7-17/h3-4,9,13,15-16,19H,2,5-8,10H2,1H3. The Morgan fingerprint density at radius 2 is 2.27 bits per heavy atom. The van der Waals surface area contributed by atoms with Crippen LogP contribution < -0.4 is 5.32 Å². The van der Waals surface area contributed by atoms with Gasteiger partial charge in [-0.15, -0.1) is 0 Å². The number of hydrogen-bond donors (Lipinski definition) is 1. The molecule has 1 aliphatic heterocycles. The second kappa shape index (κ2) is 5.50. The van der Waals surface area contributed by atoms with Gasteiger partial charge in [0.25, 0.3) is 0 Å². The number of rotatable bonds is 4. The van der Waals surface area contributed by atoms with Gasteiger partial charge in [-0.25, -0.2) is 0 Å². The minimum absolute atomic E-state index is 0.370. The summed E-state index contributed by atoms with van der Waals surface area (Å²) in [6.07, 6.45) is 7.26. The van der Waals surface area contributed by atoms with Gasteiger partial charge in [-0.05, 0) is 43.0 Å². The second-order valence-electron chi connectivity index (χ2n) is 6.98. The Kier molecular flexibility index (Phi) is 3.74. The molecule has 2 aliphatic carbocycles. The van der Waals surface area contributed by atoms with E-state index in [-0.39, 0.29) is 0 Å². The molecule has 3 aliphatic rings. The third kappa shape index (κ3) is 2.22. The molecule has 1 aromatic carbocycles. The van der Waals surface area contributed by atoms with Gasteiger partial charge in [0.15, 0.2) is 0 Å². The zero-order chi connectivity index (χ0) is 15.3.